The van der Waals surface area contributed by atoms with Crippen molar-refractivity contribution in [3.05, 3.63) is 35.4 Å². The third-order valence-electron chi connectivity index (χ3n) is 2.91. The van der Waals surface area contributed by atoms with Gasteiger partial charge in [-0.05, 0) is 43.0 Å². The molecule has 15 heavy (non-hydrogen) atoms. The van der Waals surface area contributed by atoms with Crippen molar-refractivity contribution in [2.45, 2.75) is 38.4 Å². The maximum atomic E-state index is 13.4. The second-order valence-electron chi connectivity index (χ2n) is 4.18. The van der Waals surface area contributed by atoms with Crippen LogP contribution in [0.4, 0.5) is 8.78 Å². The van der Waals surface area contributed by atoms with Crippen molar-refractivity contribution in [1.29, 1.82) is 0 Å². The molecule has 1 heterocycles. The van der Waals surface area contributed by atoms with Gasteiger partial charge in [0.2, 0.25) is 0 Å². The molecule has 0 N–H and O–H groups in total. The molecule has 1 aromatic rings. The summed E-state index contributed by atoms with van der Waals surface area (Å²) in [6, 6.07) is 3.59. The second-order valence-corrected chi connectivity index (χ2v) is 4.18. The lowest BCUT2D eigenvalue weighted by atomic mass is 9.95. The highest BCUT2D eigenvalue weighted by Gasteiger charge is 2.35. The summed E-state index contributed by atoms with van der Waals surface area (Å²) < 4.78 is 31.6. The lowest BCUT2D eigenvalue weighted by molar-refractivity contribution is 0.360. The number of halogens is 2. The summed E-state index contributed by atoms with van der Waals surface area (Å²) in [6.45, 7) is 3.88. The number of hydrogen-bond donors (Lipinski definition) is 0. The van der Waals surface area contributed by atoms with Crippen LogP contribution in [0.3, 0.4) is 0 Å². The minimum Gasteiger partial charge on any atom is -0.370 e. The van der Waals surface area contributed by atoms with E-state index in [-0.39, 0.29) is 29.8 Å². The highest BCUT2D eigenvalue weighted by Crippen LogP contribution is 2.33. The van der Waals surface area contributed by atoms with E-state index in [0.29, 0.717) is 5.56 Å². The van der Waals surface area contributed by atoms with Crippen LogP contribution in [0.5, 0.6) is 0 Å². The molecule has 0 bridgehead atoms. The van der Waals surface area contributed by atoms with Crippen LogP contribution >= 0.6 is 0 Å². The van der Waals surface area contributed by atoms with Gasteiger partial charge in [-0.2, -0.15) is 0 Å². The summed E-state index contributed by atoms with van der Waals surface area (Å²) in [7, 11) is 0. The molecule has 0 aliphatic carbocycles. The average Bonchev–Trinajstić information content (AvgIpc) is 2.86. The molecular weight excluding hydrogens is 198 g/mol. The topological polar surface area (TPSA) is 12.5 Å². The Morgan fingerprint density at radius 3 is 2.67 bits per heavy atom. The molecule has 1 aliphatic rings. The standard InChI is InChI=1S/C12H14F2O/c1-7(5-12-8(2)15-12)10-6-9(13)3-4-11(10)14/h3-4,6-8,12H,5H2,1-2H3. The van der Waals surface area contributed by atoms with E-state index < -0.39 is 0 Å². The van der Waals surface area contributed by atoms with Gasteiger partial charge in [0.15, 0.2) is 0 Å². The summed E-state index contributed by atoms with van der Waals surface area (Å²) in [4.78, 5) is 0. The minimum atomic E-state index is -0.386. The number of hydrogen-bond acceptors (Lipinski definition) is 1. The zero-order valence-electron chi connectivity index (χ0n) is 8.84. The highest BCUT2D eigenvalue weighted by atomic mass is 19.1. The second kappa shape index (κ2) is 3.89. The van der Waals surface area contributed by atoms with E-state index in [9.17, 15) is 8.78 Å². The van der Waals surface area contributed by atoms with Crippen LogP contribution in [0.15, 0.2) is 18.2 Å². The Bertz CT molecular complexity index is 365. The van der Waals surface area contributed by atoms with Gasteiger partial charge in [-0.1, -0.05) is 6.92 Å². The minimum absolute atomic E-state index is 0.00403. The van der Waals surface area contributed by atoms with E-state index >= 15 is 0 Å². The number of benzene rings is 1. The van der Waals surface area contributed by atoms with Gasteiger partial charge < -0.3 is 4.74 Å². The zero-order valence-corrected chi connectivity index (χ0v) is 8.84. The van der Waals surface area contributed by atoms with Gasteiger partial charge in [0.05, 0.1) is 12.2 Å². The Morgan fingerprint density at radius 1 is 1.40 bits per heavy atom. The van der Waals surface area contributed by atoms with Crippen LogP contribution in [0.25, 0.3) is 0 Å². The Kier molecular flexibility index (Phi) is 2.74. The molecule has 0 radical (unpaired) electrons. The molecule has 1 saturated heterocycles. The molecule has 3 atom stereocenters. The largest absolute Gasteiger partial charge is 0.370 e. The Hall–Kier alpha value is -0.960. The molecule has 1 aliphatic heterocycles. The SMILES string of the molecule is CC(CC1OC1C)c1cc(F)ccc1F. The van der Waals surface area contributed by atoms with Crippen molar-refractivity contribution in [2.75, 3.05) is 0 Å². The lowest BCUT2D eigenvalue weighted by Gasteiger charge is -2.11. The summed E-state index contributed by atoms with van der Waals surface area (Å²) in [6.07, 6.45) is 1.23. The van der Waals surface area contributed by atoms with E-state index in [2.05, 4.69) is 0 Å². The first-order chi connectivity index (χ1) is 7.08. The van der Waals surface area contributed by atoms with Crippen LogP contribution in [0.1, 0.15) is 31.7 Å². The first-order valence-electron chi connectivity index (χ1n) is 5.18. The Morgan fingerprint density at radius 2 is 2.07 bits per heavy atom. The number of rotatable bonds is 3. The van der Waals surface area contributed by atoms with E-state index in [1.165, 1.54) is 12.1 Å². The predicted octanol–water partition coefficient (Wildman–Crippen LogP) is 3.25. The van der Waals surface area contributed by atoms with Crippen LogP contribution in [-0.4, -0.2) is 12.2 Å². The molecule has 0 spiro atoms. The van der Waals surface area contributed by atoms with E-state index in [1.807, 2.05) is 13.8 Å². The van der Waals surface area contributed by atoms with E-state index in [4.69, 9.17) is 4.74 Å². The zero-order chi connectivity index (χ0) is 11.0. The molecule has 0 saturated carbocycles. The van der Waals surface area contributed by atoms with Crippen LogP contribution in [0.2, 0.25) is 0 Å². The molecule has 2 rings (SSSR count). The van der Waals surface area contributed by atoms with Gasteiger partial charge >= 0.3 is 0 Å². The average molecular weight is 212 g/mol. The first-order valence-corrected chi connectivity index (χ1v) is 5.18. The van der Waals surface area contributed by atoms with Gasteiger partial charge in [-0.25, -0.2) is 8.78 Å². The van der Waals surface area contributed by atoms with Crippen LogP contribution < -0.4 is 0 Å². The van der Waals surface area contributed by atoms with Gasteiger partial charge in [0.25, 0.3) is 0 Å². The fourth-order valence-electron chi connectivity index (χ4n) is 1.85. The number of epoxide rings is 1. The summed E-state index contributed by atoms with van der Waals surface area (Å²) in [5, 5.41) is 0. The van der Waals surface area contributed by atoms with E-state index in [1.54, 1.807) is 0 Å². The molecule has 3 heteroatoms. The smallest absolute Gasteiger partial charge is 0.126 e. The van der Waals surface area contributed by atoms with Crippen molar-refractivity contribution in [3.63, 3.8) is 0 Å². The van der Waals surface area contributed by atoms with Crippen molar-refractivity contribution >= 4 is 0 Å². The normalized spacial score (nSPS) is 26.4. The van der Waals surface area contributed by atoms with Crippen molar-refractivity contribution in [2.24, 2.45) is 0 Å². The summed E-state index contributed by atoms with van der Waals surface area (Å²) in [5.41, 5.74) is 0.442. The van der Waals surface area contributed by atoms with Gasteiger partial charge in [-0.3, -0.25) is 0 Å². The molecule has 1 aromatic carbocycles. The van der Waals surface area contributed by atoms with Crippen molar-refractivity contribution in [1.82, 2.24) is 0 Å². The van der Waals surface area contributed by atoms with Crippen LogP contribution in [0, 0.1) is 11.6 Å². The third-order valence-corrected chi connectivity index (χ3v) is 2.91. The first kappa shape index (κ1) is 10.6. The maximum absolute atomic E-state index is 13.4. The van der Waals surface area contributed by atoms with Crippen molar-refractivity contribution in [3.8, 4) is 0 Å². The van der Waals surface area contributed by atoms with Gasteiger partial charge in [-0.15, -0.1) is 0 Å². The highest BCUT2D eigenvalue weighted by molar-refractivity contribution is 5.22. The molecule has 0 amide bonds. The van der Waals surface area contributed by atoms with Crippen LogP contribution in [-0.2, 0) is 4.74 Å². The summed E-state index contributed by atoms with van der Waals surface area (Å²) >= 11 is 0. The quantitative estimate of drug-likeness (QED) is 0.701. The predicted molar refractivity (Wildman–Crippen MR) is 53.7 cm³/mol. The molecular formula is C12H14F2O. The van der Waals surface area contributed by atoms with Gasteiger partial charge in [0, 0.05) is 0 Å². The van der Waals surface area contributed by atoms with Gasteiger partial charge in [0.1, 0.15) is 11.6 Å². The fourth-order valence-corrected chi connectivity index (χ4v) is 1.85. The van der Waals surface area contributed by atoms with E-state index in [0.717, 1.165) is 12.5 Å². The Labute approximate surface area is 88.1 Å². The fraction of sp³-hybridized carbons (Fsp3) is 0.500. The van der Waals surface area contributed by atoms with Crippen molar-refractivity contribution < 1.29 is 13.5 Å². The monoisotopic (exact) mass is 212 g/mol. The molecule has 3 unspecified atom stereocenters. The lowest BCUT2D eigenvalue weighted by Crippen LogP contribution is -2.03. The maximum Gasteiger partial charge on any atom is 0.126 e. The Balaban J connectivity index is 2.10. The summed E-state index contributed by atoms with van der Waals surface area (Å²) in [5.74, 6) is -0.726. The molecule has 82 valence electrons. The third kappa shape index (κ3) is 2.34. The number of ether oxygens (including phenoxy) is 1. The molecule has 0 aromatic heterocycles. The molecule has 1 nitrogen and oxygen atoms in total. The molecule has 1 fully saturated rings.